The molecule has 0 unspecified atom stereocenters. The summed E-state index contributed by atoms with van der Waals surface area (Å²) in [4.78, 5) is 2.33. The van der Waals surface area contributed by atoms with Gasteiger partial charge in [-0.15, -0.1) is 0 Å². The molecule has 0 amide bonds. The van der Waals surface area contributed by atoms with Gasteiger partial charge in [-0.25, -0.2) is 0 Å². The predicted molar refractivity (Wildman–Crippen MR) is 80.6 cm³/mol. The number of hydrogen-bond acceptors (Lipinski definition) is 5. The van der Waals surface area contributed by atoms with Crippen molar-refractivity contribution in [1.82, 2.24) is 14.7 Å². The van der Waals surface area contributed by atoms with Crippen LogP contribution >= 0.6 is 0 Å². The summed E-state index contributed by atoms with van der Waals surface area (Å²) >= 11 is 0. The van der Waals surface area contributed by atoms with Crippen molar-refractivity contribution in [2.24, 2.45) is 0 Å². The Kier molecular flexibility index (Phi) is 3.98. The molecule has 114 valence electrons. The summed E-state index contributed by atoms with van der Waals surface area (Å²) in [6, 6.07) is 9.87. The Morgan fingerprint density at radius 2 is 1.86 bits per heavy atom. The number of methoxy groups -OCH3 is 2. The number of rotatable bonds is 4. The maximum absolute atomic E-state index is 8.94. The third-order valence-corrected chi connectivity index (χ3v) is 3.81. The Labute approximate surface area is 129 Å². The Hall–Kier alpha value is -2.52. The maximum Gasteiger partial charge on any atom is 0.162 e. The second-order valence-electron chi connectivity index (χ2n) is 5.29. The van der Waals surface area contributed by atoms with E-state index in [-0.39, 0.29) is 0 Å². The van der Waals surface area contributed by atoms with Crippen LogP contribution in [0.1, 0.15) is 17.0 Å². The first-order valence-electron chi connectivity index (χ1n) is 7.13. The van der Waals surface area contributed by atoms with Crippen molar-refractivity contribution >= 4 is 0 Å². The van der Waals surface area contributed by atoms with Gasteiger partial charge < -0.3 is 9.47 Å². The van der Waals surface area contributed by atoms with Gasteiger partial charge in [0.25, 0.3) is 0 Å². The predicted octanol–water partition coefficient (Wildman–Crippen LogP) is 1.79. The number of hydrogen-bond donors (Lipinski definition) is 0. The fourth-order valence-corrected chi connectivity index (χ4v) is 2.73. The number of nitrogens with zero attached hydrogens (tertiary/aromatic N) is 4. The summed E-state index contributed by atoms with van der Waals surface area (Å²) in [5.41, 5.74) is 2.71. The first-order valence-corrected chi connectivity index (χ1v) is 7.13. The average molecular weight is 298 g/mol. The Morgan fingerprint density at radius 3 is 2.50 bits per heavy atom. The van der Waals surface area contributed by atoms with E-state index in [4.69, 9.17) is 14.7 Å². The minimum absolute atomic E-state index is 0.486. The first kappa shape index (κ1) is 14.4. The highest BCUT2D eigenvalue weighted by molar-refractivity contribution is 5.38. The van der Waals surface area contributed by atoms with Crippen LogP contribution in [0.3, 0.4) is 0 Å². The van der Waals surface area contributed by atoms with E-state index in [1.165, 1.54) is 0 Å². The van der Waals surface area contributed by atoms with Crippen LogP contribution in [0.2, 0.25) is 0 Å². The summed E-state index contributed by atoms with van der Waals surface area (Å²) in [7, 11) is 3.31. The number of ether oxygens (including phenoxy) is 2. The minimum atomic E-state index is 0.486. The van der Waals surface area contributed by atoms with Gasteiger partial charge in [-0.2, -0.15) is 10.4 Å². The van der Waals surface area contributed by atoms with Gasteiger partial charge in [0.1, 0.15) is 17.6 Å². The topological polar surface area (TPSA) is 63.3 Å². The van der Waals surface area contributed by atoms with Crippen molar-refractivity contribution in [3.63, 3.8) is 0 Å². The lowest BCUT2D eigenvalue weighted by atomic mass is 10.1. The highest BCUT2D eigenvalue weighted by Gasteiger charge is 2.18. The highest BCUT2D eigenvalue weighted by Crippen LogP contribution is 2.24. The Balaban J connectivity index is 1.76. The largest absolute Gasteiger partial charge is 0.497 e. The van der Waals surface area contributed by atoms with Crippen LogP contribution in [0.15, 0.2) is 24.3 Å². The quantitative estimate of drug-likeness (QED) is 0.861. The van der Waals surface area contributed by atoms with Crippen LogP contribution in [-0.4, -0.2) is 35.4 Å². The van der Waals surface area contributed by atoms with Crippen molar-refractivity contribution in [2.45, 2.75) is 19.6 Å². The highest BCUT2D eigenvalue weighted by atomic mass is 16.5. The molecule has 1 aliphatic rings. The number of benzene rings is 1. The fraction of sp³-hybridized carbons (Fsp3) is 0.375. The fourth-order valence-electron chi connectivity index (χ4n) is 2.73. The van der Waals surface area contributed by atoms with Gasteiger partial charge in [-0.05, 0) is 23.8 Å². The third kappa shape index (κ3) is 2.90. The van der Waals surface area contributed by atoms with Crippen LogP contribution in [0.25, 0.3) is 0 Å². The van der Waals surface area contributed by atoms with Gasteiger partial charge in [-0.1, -0.05) is 0 Å². The molecule has 0 aliphatic carbocycles. The number of aromatic nitrogens is 2. The lowest BCUT2D eigenvalue weighted by Gasteiger charge is -2.27. The molecule has 0 fully saturated rings. The molecular weight excluding hydrogens is 280 g/mol. The van der Waals surface area contributed by atoms with Gasteiger partial charge >= 0.3 is 0 Å². The molecule has 2 heterocycles. The lowest BCUT2D eigenvalue weighted by Crippen LogP contribution is -2.33. The molecule has 1 aliphatic heterocycles. The standard InChI is InChI=1S/C16H18N4O2/c1-21-15-5-12(6-16(8-15)22-2)10-19-3-4-20-14(11-19)7-13(9-17)18-20/h5-8H,3-4,10-11H2,1-2H3. The van der Waals surface area contributed by atoms with Gasteiger partial charge in [-0.3, -0.25) is 9.58 Å². The van der Waals surface area contributed by atoms with Crippen molar-refractivity contribution in [2.75, 3.05) is 20.8 Å². The van der Waals surface area contributed by atoms with E-state index < -0.39 is 0 Å². The van der Waals surface area contributed by atoms with Crippen LogP contribution in [0.5, 0.6) is 11.5 Å². The molecule has 0 bridgehead atoms. The second-order valence-corrected chi connectivity index (χ2v) is 5.29. The molecule has 0 radical (unpaired) electrons. The van der Waals surface area contributed by atoms with Crippen molar-refractivity contribution in [1.29, 1.82) is 5.26 Å². The van der Waals surface area contributed by atoms with Crippen LogP contribution in [0.4, 0.5) is 0 Å². The molecule has 0 atom stereocenters. The molecule has 0 N–H and O–H groups in total. The molecule has 6 nitrogen and oxygen atoms in total. The minimum Gasteiger partial charge on any atom is -0.497 e. The lowest BCUT2D eigenvalue weighted by molar-refractivity contribution is 0.205. The monoisotopic (exact) mass is 298 g/mol. The van der Waals surface area contributed by atoms with Crippen LogP contribution < -0.4 is 9.47 Å². The zero-order chi connectivity index (χ0) is 15.5. The van der Waals surface area contributed by atoms with Crippen LogP contribution in [0, 0.1) is 11.3 Å². The molecule has 6 heteroatoms. The van der Waals surface area contributed by atoms with E-state index >= 15 is 0 Å². The van der Waals surface area contributed by atoms with Gasteiger partial charge in [0.05, 0.1) is 26.5 Å². The summed E-state index contributed by atoms with van der Waals surface area (Å²) in [5.74, 6) is 1.59. The van der Waals surface area contributed by atoms with Crippen molar-refractivity contribution in [3.8, 4) is 17.6 Å². The summed E-state index contributed by atoms with van der Waals surface area (Å²) in [6.45, 7) is 3.30. The van der Waals surface area contributed by atoms with E-state index in [0.29, 0.717) is 5.69 Å². The SMILES string of the molecule is COc1cc(CN2CCn3nc(C#N)cc3C2)cc(OC)c1. The summed E-state index contributed by atoms with van der Waals surface area (Å²) < 4.78 is 12.5. The molecule has 0 saturated heterocycles. The second kappa shape index (κ2) is 6.08. The van der Waals surface area contributed by atoms with Crippen molar-refractivity contribution < 1.29 is 9.47 Å². The normalized spacial score (nSPS) is 14.2. The van der Waals surface area contributed by atoms with Gasteiger partial charge in [0.2, 0.25) is 0 Å². The molecule has 0 saturated carbocycles. The molecule has 22 heavy (non-hydrogen) atoms. The van der Waals surface area contributed by atoms with Gasteiger partial charge in [0, 0.05) is 25.7 Å². The van der Waals surface area contributed by atoms with E-state index in [0.717, 1.165) is 48.9 Å². The summed E-state index contributed by atoms with van der Waals surface area (Å²) in [6.07, 6.45) is 0. The molecule has 1 aromatic carbocycles. The average Bonchev–Trinajstić information content (AvgIpc) is 2.96. The summed E-state index contributed by atoms with van der Waals surface area (Å²) in [5, 5.41) is 13.2. The molecular formula is C16H18N4O2. The number of fused-ring (bicyclic) bond motifs is 1. The van der Waals surface area contributed by atoms with E-state index in [1.54, 1.807) is 14.2 Å². The Bertz CT molecular complexity index is 695. The van der Waals surface area contributed by atoms with E-state index in [1.807, 2.05) is 28.9 Å². The zero-order valence-corrected chi connectivity index (χ0v) is 12.7. The molecule has 3 rings (SSSR count). The Morgan fingerprint density at radius 1 is 1.14 bits per heavy atom. The van der Waals surface area contributed by atoms with E-state index in [9.17, 15) is 0 Å². The van der Waals surface area contributed by atoms with Crippen molar-refractivity contribution in [3.05, 3.63) is 41.2 Å². The first-order chi connectivity index (χ1) is 10.7. The molecule has 0 spiro atoms. The van der Waals surface area contributed by atoms with Crippen LogP contribution in [-0.2, 0) is 19.6 Å². The third-order valence-electron chi connectivity index (χ3n) is 3.81. The van der Waals surface area contributed by atoms with E-state index in [2.05, 4.69) is 16.1 Å². The maximum atomic E-state index is 8.94. The van der Waals surface area contributed by atoms with Gasteiger partial charge in [0.15, 0.2) is 5.69 Å². The zero-order valence-electron chi connectivity index (χ0n) is 12.7. The molecule has 2 aromatic rings. The smallest absolute Gasteiger partial charge is 0.162 e. The number of nitriles is 1. The molecule has 1 aromatic heterocycles.